The predicted octanol–water partition coefficient (Wildman–Crippen LogP) is 2.81. The van der Waals surface area contributed by atoms with Gasteiger partial charge in [0.1, 0.15) is 0 Å². The minimum Gasteiger partial charge on any atom is -0.309 e. The Kier molecular flexibility index (Phi) is 4.76. The number of rotatable bonds is 4. The maximum atomic E-state index is 4.46. The van der Waals surface area contributed by atoms with Gasteiger partial charge in [-0.1, -0.05) is 13.8 Å². The third-order valence-corrected chi connectivity index (χ3v) is 4.45. The highest BCUT2D eigenvalue weighted by molar-refractivity contribution is 9.10. The van der Waals surface area contributed by atoms with E-state index in [4.69, 9.17) is 0 Å². The fraction of sp³-hybridized carbons (Fsp3) is 0.643. The largest absolute Gasteiger partial charge is 0.309 e. The van der Waals surface area contributed by atoms with Gasteiger partial charge >= 0.3 is 0 Å². The van der Waals surface area contributed by atoms with Gasteiger partial charge in [0.05, 0.1) is 5.69 Å². The summed E-state index contributed by atoms with van der Waals surface area (Å²) in [4.78, 5) is 6.98. The number of hydrogen-bond donors (Lipinski definition) is 1. The lowest BCUT2D eigenvalue weighted by Gasteiger charge is -2.43. The third kappa shape index (κ3) is 3.31. The molecule has 4 heteroatoms. The van der Waals surface area contributed by atoms with Crippen LogP contribution in [0.3, 0.4) is 0 Å². The first-order valence-electron chi connectivity index (χ1n) is 6.75. The molecule has 100 valence electrons. The predicted molar refractivity (Wildman–Crippen MR) is 78.5 cm³/mol. The van der Waals surface area contributed by atoms with E-state index in [1.807, 2.05) is 6.20 Å². The van der Waals surface area contributed by atoms with Crippen molar-refractivity contribution in [3.05, 3.63) is 28.5 Å². The maximum Gasteiger partial charge on any atom is 0.0544 e. The zero-order valence-corrected chi connectivity index (χ0v) is 12.8. The molecular weight excluding hydrogens is 290 g/mol. The Hall–Kier alpha value is -0.450. The third-order valence-electron chi connectivity index (χ3n) is 3.98. The van der Waals surface area contributed by atoms with Gasteiger partial charge in [0, 0.05) is 42.4 Å². The molecule has 1 aromatic rings. The Labute approximate surface area is 118 Å². The molecule has 0 unspecified atom stereocenters. The number of aromatic nitrogens is 1. The summed E-state index contributed by atoms with van der Waals surface area (Å²) in [6.45, 7) is 8.82. The highest BCUT2D eigenvalue weighted by Crippen LogP contribution is 2.21. The molecule has 0 radical (unpaired) electrons. The van der Waals surface area contributed by atoms with E-state index in [-0.39, 0.29) is 0 Å². The van der Waals surface area contributed by atoms with Crippen LogP contribution in [0.2, 0.25) is 0 Å². The average Bonchev–Trinajstić information content (AvgIpc) is 2.41. The van der Waals surface area contributed by atoms with Gasteiger partial charge in [-0.15, -0.1) is 0 Å². The Balaban J connectivity index is 1.99. The second-order valence-electron chi connectivity index (χ2n) is 5.09. The van der Waals surface area contributed by atoms with Crippen LogP contribution in [0.15, 0.2) is 22.8 Å². The second kappa shape index (κ2) is 6.13. The molecule has 1 aliphatic heterocycles. The number of halogens is 1. The molecular formula is C14H22BrN3. The van der Waals surface area contributed by atoms with Crippen molar-refractivity contribution >= 4 is 15.9 Å². The van der Waals surface area contributed by atoms with Crippen LogP contribution < -0.4 is 5.32 Å². The first-order valence-corrected chi connectivity index (χ1v) is 7.54. The normalized spacial score (nSPS) is 19.9. The van der Waals surface area contributed by atoms with E-state index in [2.05, 4.69) is 57.1 Å². The molecule has 0 saturated carbocycles. The number of piperazine rings is 1. The number of pyridine rings is 1. The molecule has 1 aromatic heterocycles. The van der Waals surface area contributed by atoms with Gasteiger partial charge in [0.25, 0.3) is 0 Å². The Bertz CT molecular complexity index is 373. The maximum absolute atomic E-state index is 4.46. The Morgan fingerprint density at radius 3 is 2.78 bits per heavy atom. The molecule has 0 aliphatic carbocycles. The van der Waals surface area contributed by atoms with Crippen molar-refractivity contribution in [2.45, 2.75) is 38.8 Å². The molecule has 0 atom stereocenters. The molecule has 2 rings (SSSR count). The Morgan fingerprint density at radius 1 is 1.39 bits per heavy atom. The molecule has 1 N–H and O–H groups in total. The molecule has 2 heterocycles. The summed E-state index contributed by atoms with van der Waals surface area (Å²) in [6, 6.07) is 4.17. The van der Waals surface area contributed by atoms with E-state index in [1.165, 1.54) is 12.8 Å². The van der Waals surface area contributed by atoms with Gasteiger partial charge < -0.3 is 5.32 Å². The van der Waals surface area contributed by atoms with Crippen LogP contribution in [0.1, 0.15) is 32.4 Å². The first-order chi connectivity index (χ1) is 8.67. The van der Waals surface area contributed by atoms with Crippen molar-refractivity contribution in [1.82, 2.24) is 15.2 Å². The van der Waals surface area contributed by atoms with Gasteiger partial charge in [0.15, 0.2) is 0 Å². The van der Waals surface area contributed by atoms with E-state index in [0.29, 0.717) is 5.54 Å². The smallest absolute Gasteiger partial charge is 0.0544 e. The van der Waals surface area contributed by atoms with Crippen LogP contribution in [0, 0.1) is 0 Å². The lowest BCUT2D eigenvalue weighted by molar-refractivity contribution is 0.117. The molecule has 1 saturated heterocycles. The van der Waals surface area contributed by atoms with Crippen LogP contribution in [0.4, 0.5) is 0 Å². The summed E-state index contributed by atoms with van der Waals surface area (Å²) < 4.78 is 1.04. The number of nitrogens with zero attached hydrogens (tertiary/aromatic N) is 2. The molecule has 0 amide bonds. The summed E-state index contributed by atoms with van der Waals surface area (Å²) in [6.07, 6.45) is 4.26. The summed E-state index contributed by atoms with van der Waals surface area (Å²) in [5.41, 5.74) is 1.45. The SMILES string of the molecule is CCC1(CC)CN(Cc2ccc(Br)cn2)CCN1. The summed E-state index contributed by atoms with van der Waals surface area (Å²) in [5.74, 6) is 0. The van der Waals surface area contributed by atoms with E-state index >= 15 is 0 Å². The molecule has 0 bridgehead atoms. The highest BCUT2D eigenvalue weighted by atomic mass is 79.9. The zero-order chi connectivity index (χ0) is 13.0. The monoisotopic (exact) mass is 311 g/mol. The fourth-order valence-electron chi connectivity index (χ4n) is 2.63. The minimum atomic E-state index is 0.299. The molecule has 1 fully saturated rings. The summed E-state index contributed by atoms with van der Waals surface area (Å²) in [5, 5.41) is 3.69. The molecule has 18 heavy (non-hydrogen) atoms. The van der Waals surface area contributed by atoms with Crippen molar-refractivity contribution in [3.8, 4) is 0 Å². The van der Waals surface area contributed by atoms with Crippen molar-refractivity contribution < 1.29 is 0 Å². The highest BCUT2D eigenvalue weighted by Gasteiger charge is 2.31. The van der Waals surface area contributed by atoms with Crippen LogP contribution in [-0.4, -0.2) is 35.1 Å². The van der Waals surface area contributed by atoms with Crippen LogP contribution >= 0.6 is 15.9 Å². The van der Waals surface area contributed by atoms with Crippen molar-refractivity contribution in [2.24, 2.45) is 0 Å². The summed E-state index contributed by atoms with van der Waals surface area (Å²) >= 11 is 3.43. The van der Waals surface area contributed by atoms with E-state index in [9.17, 15) is 0 Å². The zero-order valence-electron chi connectivity index (χ0n) is 11.2. The summed E-state index contributed by atoms with van der Waals surface area (Å²) in [7, 11) is 0. The van der Waals surface area contributed by atoms with Crippen molar-refractivity contribution in [3.63, 3.8) is 0 Å². The van der Waals surface area contributed by atoms with Gasteiger partial charge in [-0.25, -0.2) is 0 Å². The number of nitrogens with one attached hydrogen (secondary N) is 1. The van der Waals surface area contributed by atoms with E-state index in [1.54, 1.807) is 0 Å². The van der Waals surface area contributed by atoms with Crippen LogP contribution in [0.25, 0.3) is 0 Å². The van der Waals surface area contributed by atoms with Gasteiger partial charge in [0.2, 0.25) is 0 Å². The van der Waals surface area contributed by atoms with E-state index in [0.717, 1.165) is 36.3 Å². The van der Waals surface area contributed by atoms with Crippen LogP contribution in [-0.2, 0) is 6.54 Å². The van der Waals surface area contributed by atoms with Crippen molar-refractivity contribution in [1.29, 1.82) is 0 Å². The number of hydrogen-bond acceptors (Lipinski definition) is 3. The first kappa shape index (κ1) is 14.0. The molecule has 0 aromatic carbocycles. The second-order valence-corrected chi connectivity index (χ2v) is 6.01. The van der Waals surface area contributed by atoms with Crippen LogP contribution in [0.5, 0.6) is 0 Å². The van der Waals surface area contributed by atoms with E-state index < -0.39 is 0 Å². The fourth-order valence-corrected chi connectivity index (χ4v) is 2.86. The van der Waals surface area contributed by atoms with Crippen molar-refractivity contribution in [2.75, 3.05) is 19.6 Å². The molecule has 0 spiro atoms. The molecule has 1 aliphatic rings. The topological polar surface area (TPSA) is 28.2 Å². The minimum absolute atomic E-state index is 0.299. The van der Waals surface area contributed by atoms with Gasteiger partial charge in [-0.2, -0.15) is 0 Å². The van der Waals surface area contributed by atoms with Gasteiger partial charge in [-0.3, -0.25) is 9.88 Å². The lowest BCUT2D eigenvalue weighted by Crippen LogP contribution is -2.59. The average molecular weight is 312 g/mol. The standard InChI is InChI=1S/C14H22BrN3/c1-3-14(4-2)11-18(8-7-17-14)10-13-6-5-12(15)9-16-13/h5-6,9,17H,3-4,7-8,10-11H2,1-2H3. The quantitative estimate of drug-likeness (QED) is 0.927. The molecule has 3 nitrogen and oxygen atoms in total. The van der Waals surface area contributed by atoms with Gasteiger partial charge in [-0.05, 0) is 40.9 Å². The lowest BCUT2D eigenvalue weighted by atomic mass is 9.90. The Morgan fingerprint density at radius 2 is 2.17 bits per heavy atom.